The monoisotopic (exact) mass is 360 g/mol. The third-order valence-electron chi connectivity index (χ3n) is 3.32. The van der Waals surface area contributed by atoms with Gasteiger partial charge >= 0.3 is 5.97 Å². The summed E-state index contributed by atoms with van der Waals surface area (Å²) in [6.07, 6.45) is 0. The molecule has 0 aromatic heterocycles. The van der Waals surface area contributed by atoms with Crippen LogP contribution in [0, 0.1) is 10.1 Å². The molecule has 0 radical (unpaired) electrons. The molecular weight excluding hydrogens is 344 g/mol. The number of nitrogens with one attached hydrogen (secondary N) is 1. The number of carbonyl (C=O) groups excluding carboxylic acids is 2. The number of ether oxygens (including phenoxy) is 3. The summed E-state index contributed by atoms with van der Waals surface area (Å²) < 4.78 is 15.0. The fraction of sp³-hybridized carbons (Fsp3) is 0.176. The van der Waals surface area contributed by atoms with Crippen molar-refractivity contribution in [3.8, 4) is 11.5 Å². The zero-order valence-electron chi connectivity index (χ0n) is 14.1. The molecule has 0 atom stereocenters. The maximum absolute atomic E-state index is 12.1. The summed E-state index contributed by atoms with van der Waals surface area (Å²) in [5.41, 5.74) is 0.257. The zero-order valence-corrected chi connectivity index (χ0v) is 14.1. The van der Waals surface area contributed by atoms with E-state index in [1.165, 1.54) is 38.5 Å². The van der Waals surface area contributed by atoms with Gasteiger partial charge in [0.25, 0.3) is 11.6 Å². The maximum atomic E-state index is 12.1. The lowest BCUT2D eigenvalue weighted by atomic mass is 10.2. The highest BCUT2D eigenvalue weighted by Gasteiger charge is 2.16. The molecular formula is C17H16N2O7. The van der Waals surface area contributed by atoms with Gasteiger partial charge in [0.05, 0.1) is 36.5 Å². The van der Waals surface area contributed by atoms with Gasteiger partial charge in [-0.25, -0.2) is 4.79 Å². The number of para-hydroxylation sites is 1. The van der Waals surface area contributed by atoms with Crippen molar-refractivity contribution in [2.45, 2.75) is 0 Å². The van der Waals surface area contributed by atoms with Gasteiger partial charge in [-0.05, 0) is 18.2 Å². The van der Waals surface area contributed by atoms with Gasteiger partial charge in [-0.1, -0.05) is 12.1 Å². The minimum atomic E-state index is -0.595. The van der Waals surface area contributed by atoms with Crippen molar-refractivity contribution in [3.63, 3.8) is 0 Å². The fourth-order valence-corrected chi connectivity index (χ4v) is 2.10. The number of benzene rings is 2. The van der Waals surface area contributed by atoms with E-state index in [4.69, 9.17) is 9.47 Å². The van der Waals surface area contributed by atoms with E-state index in [0.717, 1.165) is 6.07 Å². The lowest BCUT2D eigenvalue weighted by Crippen LogP contribution is -2.22. The number of non-ortho nitro benzene ring substituents is 1. The van der Waals surface area contributed by atoms with E-state index in [1.54, 1.807) is 12.1 Å². The predicted molar refractivity (Wildman–Crippen MR) is 91.6 cm³/mol. The molecule has 0 aliphatic carbocycles. The number of anilines is 1. The number of hydrogen-bond acceptors (Lipinski definition) is 7. The number of nitrogens with zero attached hydrogens (tertiary/aromatic N) is 1. The summed E-state index contributed by atoms with van der Waals surface area (Å²) in [5, 5.41) is 13.4. The second kappa shape index (κ2) is 8.47. The average molecular weight is 360 g/mol. The lowest BCUT2D eigenvalue weighted by Gasteiger charge is -2.12. The first-order chi connectivity index (χ1) is 12.5. The highest BCUT2D eigenvalue weighted by Crippen LogP contribution is 2.31. The molecule has 0 saturated heterocycles. The van der Waals surface area contributed by atoms with Crippen LogP contribution in [-0.4, -0.2) is 37.6 Å². The van der Waals surface area contributed by atoms with E-state index in [2.05, 4.69) is 10.1 Å². The molecule has 2 aromatic rings. The Morgan fingerprint density at radius 1 is 1.12 bits per heavy atom. The quantitative estimate of drug-likeness (QED) is 0.458. The molecule has 0 spiro atoms. The van der Waals surface area contributed by atoms with E-state index >= 15 is 0 Å². The maximum Gasteiger partial charge on any atom is 0.339 e. The Kier molecular flexibility index (Phi) is 6.10. The molecule has 2 rings (SSSR count). The third kappa shape index (κ3) is 4.47. The van der Waals surface area contributed by atoms with Crippen molar-refractivity contribution in [2.24, 2.45) is 0 Å². The summed E-state index contributed by atoms with van der Waals surface area (Å²) in [5.74, 6) is -0.853. The highest BCUT2D eigenvalue weighted by molar-refractivity contribution is 6.01. The second-order valence-electron chi connectivity index (χ2n) is 4.97. The Bertz CT molecular complexity index is 836. The Labute approximate surface area is 148 Å². The molecule has 136 valence electrons. The Morgan fingerprint density at radius 2 is 1.85 bits per heavy atom. The molecule has 26 heavy (non-hydrogen) atoms. The normalized spacial score (nSPS) is 9.92. The third-order valence-corrected chi connectivity index (χ3v) is 3.32. The second-order valence-corrected chi connectivity index (χ2v) is 4.97. The van der Waals surface area contributed by atoms with Crippen molar-refractivity contribution >= 4 is 23.3 Å². The molecule has 0 heterocycles. The summed E-state index contributed by atoms with van der Waals surface area (Å²) in [6, 6.07) is 10.1. The van der Waals surface area contributed by atoms with Crippen molar-refractivity contribution in [3.05, 3.63) is 58.1 Å². The van der Waals surface area contributed by atoms with Gasteiger partial charge in [0.2, 0.25) is 0 Å². The molecule has 1 N–H and O–H groups in total. The molecule has 0 aliphatic heterocycles. The number of rotatable bonds is 7. The number of carbonyl (C=O) groups is 2. The Balaban J connectivity index is 2.09. The van der Waals surface area contributed by atoms with Crippen LogP contribution >= 0.6 is 0 Å². The van der Waals surface area contributed by atoms with E-state index in [9.17, 15) is 19.7 Å². The number of nitro groups is 1. The van der Waals surface area contributed by atoms with Crippen LogP contribution in [-0.2, 0) is 9.53 Å². The average Bonchev–Trinajstić information content (AvgIpc) is 2.65. The number of esters is 1. The lowest BCUT2D eigenvalue weighted by molar-refractivity contribution is -0.385. The minimum absolute atomic E-state index is 0.0538. The first kappa shape index (κ1) is 18.7. The Morgan fingerprint density at radius 3 is 2.50 bits per heavy atom. The summed E-state index contributed by atoms with van der Waals surface area (Å²) in [7, 11) is 2.61. The van der Waals surface area contributed by atoms with Crippen molar-refractivity contribution in [1.29, 1.82) is 0 Å². The SMILES string of the molecule is COC(=O)c1ccccc1NC(=O)COc1cc([N+](=O)[O-])ccc1OC. The van der Waals surface area contributed by atoms with Gasteiger partial charge in [-0.15, -0.1) is 0 Å². The van der Waals surface area contributed by atoms with Gasteiger partial charge in [0.15, 0.2) is 18.1 Å². The van der Waals surface area contributed by atoms with Crippen LogP contribution in [0.4, 0.5) is 11.4 Å². The number of nitro benzene ring substituents is 1. The van der Waals surface area contributed by atoms with Crippen LogP contribution in [0.2, 0.25) is 0 Å². The largest absolute Gasteiger partial charge is 0.493 e. The van der Waals surface area contributed by atoms with Gasteiger partial charge < -0.3 is 19.5 Å². The number of amides is 1. The molecule has 1 amide bonds. The van der Waals surface area contributed by atoms with Crippen LogP contribution in [0.15, 0.2) is 42.5 Å². The van der Waals surface area contributed by atoms with Crippen LogP contribution in [0.1, 0.15) is 10.4 Å². The number of methoxy groups -OCH3 is 2. The summed E-state index contributed by atoms with van der Waals surface area (Å²) in [4.78, 5) is 34.1. The highest BCUT2D eigenvalue weighted by atomic mass is 16.6. The van der Waals surface area contributed by atoms with E-state index in [-0.39, 0.29) is 28.4 Å². The number of hydrogen-bond donors (Lipinski definition) is 1. The van der Waals surface area contributed by atoms with Gasteiger partial charge in [-0.2, -0.15) is 0 Å². The first-order valence-corrected chi connectivity index (χ1v) is 7.38. The van der Waals surface area contributed by atoms with Crippen molar-refractivity contribution in [1.82, 2.24) is 0 Å². The smallest absolute Gasteiger partial charge is 0.339 e. The van der Waals surface area contributed by atoms with E-state index in [1.807, 2.05) is 0 Å². The molecule has 0 saturated carbocycles. The van der Waals surface area contributed by atoms with Gasteiger partial charge in [-0.3, -0.25) is 14.9 Å². The van der Waals surface area contributed by atoms with E-state index in [0.29, 0.717) is 0 Å². The molecule has 0 unspecified atom stereocenters. The van der Waals surface area contributed by atoms with Crippen LogP contribution in [0.3, 0.4) is 0 Å². The van der Waals surface area contributed by atoms with Crippen molar-refractivity contribution < 1.29 is 28.7 Å². The van der Waals surface area contributed by atoms with Gasteiger partial charge in [0, 0.05) is 6.07 Å². The standard InChI is InChI=1S/C17H16N2O7/c1-24-14-8-7-11(19(22)23)9-15(14)26-10-16(20)18-13-6-4-3-5-12(13)17(21)25-2/h3-9H,10H2,1-2H3,(H,18,20). The molecule has 9 nitrogen and oxygen atoms in total. The van der Waals surface area contributed by atoms with Crippen LogP contribution < -0.4 is 14.8 Å². The zero-order chi connectivity index (χ0) is 19.1. The van der Waals surface area contributed by atoms with Crippen molar-refractivity contribution in [2.75, 3.05) is 26.1 Å². The van der Waals surface area contributed by atoms with Gasteiger partial charge in [0.1, 0.15) is 0 Å². The Hall–Kier alpha value is -3.62. The minimum Gasteiger partial charge on any atom is -0.493 e. The van der Waals surface area contributed by atoms with Crippen LogP contribution in [0.5, 0.6) is 11.5 Å². The summed E-state index contributed by atoms with van der Waals surface area (Å²) >= 11 is 0. The molecule has 0 fully saturated rings. The molecule has 9 heteroatoms. The molecule has 2 aromatic carbocycles. The van der Waals surface area contributed by atoms with Crippen LogP contribution in [0.25, 0.3) is 0 Å². The first-order valence-electron chi connectivity index (χ1n) is 7.38. The molecule has 0 aliphatic rings. The molecule has 0 bridgehead atoms. The van der Waals surface area contributed by atoms with E-state index < -0.39 is 23.4 Å². The topological polar surface area (TPSA) is 117 Å². The summed E-state index contributed by atoms with van der Waals surface area (Å²) in [6.45, 7) is -0.437. The fourth-order valence-electron chi connectivity index (χ4n) is 2.10. The predicted octanol–water partition coefficient (Wildman–Crippen LogP) is 2.41.